The molecule has 10 heteroatoms. The molecule has 4 aromatic rings. The zero-order valence-electron chi connectivity index (χ0n) is 19.3. The summed E-state index contributed by atoms with van der Waals surface area (Å²) in [5.41, 5.74) is 7.31. The molecule has 4 rings (SSSR count). The lowest BCUT2D eigenvalue weighted by molar-refractivity contribution is -0.143. The standard InChI is InChI=1S/C25H26ClN3O5S/c1-3-35(32,33)17-7-4-6-15(12-17)18-8-9-20(34-11-5-10-25(2,27)24(30)31)22-21(18)19-13-16(26)14-28-23(19)29-22/h4,6-9,12-14H,3,5,10-11,27H2,1-2H3,(H,28,29)(H,30,31)/t25-/m0/s1. The summed E-state index contributed by atoms with van der Waals surface area (Å²) in [6, 6.07) is 12.3. The molecule has 0 amide bonds. The van der Waals surface area contributed by atoms with Gasteiger partial charge in [-0.05, 0) is 61.2 Å². The maximum atomic E-state index is 12.5. The van der Waals surface area contributed by atoms with Crippen molar-refractivity contribution in [3.05, 3.63) is 53.7 Å². The molecule has 0 radical (unpaired) electrons. The monoisotopic (exact) mass is 515 g/mol. The largest absolute Gasteiger partial charge is 0.491 e. The van der Waals surface area contributed by atoms with Crippen LogP contribution in [-0.2, 0) is 14.6 Å². The van der Waals surface area contributed by atoms with Crippen molar-refractivity contribution in [3.63, 3.8) is 0 Å². The van der Waals surface area contributed by atoms with Crippen molar-refractivity contribution in [1.29, 1.82) is 0 Å². The fourth-order valence-electron chi connectivity index (χ4n) is 3.95. The van der Waals surface area contributed by atoms with E-state index in [1.165, 1.54) is 6.92 Å². The second kappa shape index (κ2) is 9.49. The minimum atomic E-state index is -3.38. The molecule has 0 aliphatic rings. The van der Waals surface area contributed by atoms with Crippen LogP contribution in [0.5, 0.6) is 5.75 Å². The molecular formula is C25H26ClN3O5S. The van der Waals surface area contributed by atoms with Gasteiger partial charge in [0.05, 0.1) is 27.8 Å². The van der Waals surface area contributed by atoms with Crippen LogP contribution in [0.25, 0.3) is 33.1 Å². The number of carboxylic acids is 1. The predicted octanol–water partition coefficient (Wildman–Crippen LogP) is 4.79. The van der Waals surface area contributed by atoms with E-state index in [1.54, 1.807) is 43.5 Å². The number of carboxylic acid groups (broad SMARTS) is 1. The van der Waals surface area contributed by atoms with Crippen LogP contribution in [0, 0.1) is 0 Å². The highest BCUT2D eigenvalue weighted by atomic mass is 35.5. The number of aromatic nitrogens is 2. The van der Waals surface area contributed by atoms with E-state index in [1.807, 2.05) is 12.1 Å². The minimum Gasteiger partial charge on any atom is -0.491 e. The smallest absolute Gasteiger partial charge is 0.323 e. The molecule has 2 aromatic heterocycles. The lowest BCUT2D eigenvalue weighted by atomic mass is 9.98. The molecular weight excluding hydrogens is 490 g/mol. The van der Waals surface area contributed by atoms with E-state index in [9.17, 15) is 18.3 Å². The van der Waals surface area contributed by atoms with Crippen LogP contribution < -0.4 is 10.5 Å². The summed E-state index contributed by atoms with van der Waals surface area (Å²) in [5, 5.41) is 11.2. The van der Waals surface area contributed by atoms with Crippen LogP contribution in [0.3, 0.4) is 0 Å². The number of sulfone groups is 1. The van der Waals surface area contributed by atoms with Gasteiger partial charge in [0.15, 0.2) is 9.84 Å². The number of pyridine rings is 1. The first kappa shape index (κ1) is 25.0. The number of aliphatic carboxylic acids is 1. The van der Waals surface area contributed by atoms with Gasteiger partial charge in [0.1, 0.15) is 16.9 Å². The second-order valence-corrected chi connectivity index (χ2v) is 11.4. The summed E-state index contributed by atoms with van der Waals surface area (Å²) in [5.74, 6) is -0.492. The lowest BCUT2D eigenvalue weighted by Crippen LogP contribution is -2.44. The molecule has 0 fully saturated rings. The molecule has 0 unspecified atom stereocenters. The number of halogens is 1. The van der Waals surface area contributed by atoms with Crippen molar-refractivity contribution >= 4 is 49.3 Å². The van der Waals surface area contributed by atoms with Crippen molar-refractivity contribution in [2.24, 2.45) is 5.73 Å². The van der Waals surface area contributed by atoms with E-state index in [0.29, 0.717) is 28.4 Å². The predicted molar refractivity (Wildman–Crippen MR) is 137 cm³/mol. The number of benzene rings is 2. The van der Waals surface area contributed by atoms with Crippen molar-refractivity contribution < 1.29 is 23.1 Å². The number of nitrogens with one attached hydrogen (secondary N) is 1. The van der Waals surface area contributed by atoms with Gasteiger partial charge in [-0.2, -0.15) is 0 Å². The Labute approximate surface area is 208 Å². The number of rotatable bonds is 9. The molecule has 0 saturated heterocycles. The second-order valence-electron chi connectivity index (χ2n) is 8.64. The normalized spacial score (nSPS) is 13.7. The van der Waals surface area contributed by atoms with E-state index in [-0.39, 0.29) is 23.7 Å². The number of nitrogens with zero attached hydrogens (tertiary/aromatic N) is 1. The number of H-pyrrole nitrogens is 1. The van der Waals surface area contributed by atoms with Gasteiger partial charge >= 0.3 is 5.97 Å². The molecule has 2 aromatic carbocycles. The molecule has 184 valence electrons. The van der Waals surface area contributed by atoms with Crippen LogP contribution >= 0.6 is 11.6 Å². The first-order valence-corrected chi connectivity index (χ1v) is 13.1. The maximum Gasteiger partial charge on any atom is 0.323 e. The summed E-state index contributed by atoms with van der Waals surface area (Å²) < 4.78 is 30.9. The third kappa shape index (κ3) is 4.98. The Kier molecular flexibility index (Phi) is 6.77. The fourth-order valence-corrected chi connectivity index (χ4v) is 5.03. The average Bonchev–Trinajstić information content (AvgIpc) is 3.21. The summed E-state index contributed by atoms with van der Waals surface area (Å²) in [6.07, 6.45) is 2.25. The number of nitrogens with two attached hydrogens (primary N) is 1. The molecule has 4 N–H and O–H groups in total. The summed E-state index contributed by atoms with van der Waals surface area (Å²) in [4.78, 5) is 19.2. The zero-order valence-corrected chi connectivity index (χ0v) is 20.9. The maximum absolute atomic E-state index is 12.5. The van der Waals surface area contributed by atoms with Crippen LogP contribution in [0.2, 0.25) is 5.02 Å². The number of ether oxygens (including phenoxy) is 1. The van der Waals surface area contributed by atoms with E-state index in [4.69, 9.17) is 22.1 Å². The van der Waals surface area contributed by atoms with Crippen LogP contribution in [-0.4, -0.2) is 47.4 Å². The van der Waals surface area contributed by atoms with Crippen molar-refractivity contribution in [2.45, 2.75) is 37.1 Å². The first-order chi connectivity index (χ1) is 16.5. The fraction of sp³-hybridized carbons (Fsp3) is 0.280. The number of aromatic amines is 1. The summed E-state index contributed by atoms with van der Waals surface area (Å²) in [6.45, 7) is 3.36. The highest BCUT2D eigenvalue weighted by Crippen LogP contribution is 2.40. The SMILES string of the molecule is CCS(=O)(=O)c1cccc(-c2ccc(OCCC[C@](C)(N)C(=O)O)c3[nH]c4ncc(Cl)cc4c23)c1. The first-order valence-electron chi connectivity index (χ1n) is 11.1. The zero-order chi connectivity index (χ0) is 25.4. The molecule has 1 atom stereocenters. The summed E-state index contributed by atoms with van der Waals surface area (Å²) in [7, 11) is -3.38. The van der Waals surface area contributed by atoms with E-state index >= 15 is 0 Å². The van der Waals surface area contributed by atoms with Gasteiger partial charge in [-0.25, -0.2) is 13.4 Å². The topological polar surface area (TPSA) is 135 Å². The molecule has 2 heterocycles. The Morgan fingerprint density at radius 3 is 2.74 bits per heavy atom. The van der Waals surface area contributed by atoms with Crippen LogP contribution in [0.1, 0.15) is 26.7 Å². The van der Waals surface area contributed by atoms with Crippen molar-refractivity contribution in [3.8, 4) is 16.9 Å². The van der Waals surface area contributed by atoms with E-state index in [2.05, 4.69) is 9.97 Å². The summed E-state index contributed by atoms with van der Waals surface area (Å²) >= 11 is 6.24. The number of hydrogen-bond acceptors (Lipinski definition) is 6. The number of hydrogen-bond donors (Lipinski definition) is 3. The van der Waals surface area contributed by atoms with Crippen molar-refractivity contribution in [1.82, 2.24) is 9.97 Å². The molecule has 35 heavy (non-hydrogen) atoms. The molecule has 8 nitrogen and oxygen atoms in total. The van der Waals surface area contributed by atoms with E-state index in [0.717, 1.165) is 21.9 Å². The molecule has 0 aliphatic carbocycles. The van der Waals surface area contributed by atoms with Crippen molar-refractivity contribution in [2.75, 3.05) is 12.4 Å². The third-order valence-corrected chi connectivity index (χ3v) is 7.94. The van der Waals surface area contributed by atoms with Gasteiger partial charge in [0.25, 0.3) is 0 Å². The Morgan fingerprint density at radius 2 is 2.03 bits per heavy atom. The Morgan fingerprint density at radius 1 is 1.26 bits per heavy atom. The van der Waals surface area contributed by atoms with Gasteiger partial charge in [-0.3, -0.25) is 4.79 Å². The van der Waals surface area contributed by atoms with Crippen LogP contribution in [0.15, 0.2) is 53.6 Å². The Bertz CT molecular complexity index is 1530. The highest BCUT2D eigenvalue weighted by molar-refractivity contribution is 7.91. The number of fused-ring (bicyclic) bond motifs is 3. The van der Waals surface area contributed by atoms with Gasteiger partial charge in [-0.15, -0.1) is 0 Å². The molecule has 0 spiro atoms. The van der Waals surface area contributed by atoms with Gasteiger partial charge < -0.3 is 20.6 Å². The third-order valence-electron chi connectivity index (χ3n) is 6.00. The Hall–Kier alpha value is -3.14. The quantitative estimate of drug-likeness (QED) is 0.272. The molecule has 0 aliphatic heterocycles. The minimum absolute atomic E-state index is 0.00891. The highest BCUT2D eigenvalue weighted by Gasteiger charge is 2.27. The van der Waals surface area contributed by atoms with E-state index < -0.39 is 21.3 Å². The van der Waals surface area contributed by atoms with Gasteiger partial charge in [0, 0.05) is 17.0 Å². The number of carbonyl (C=O) groups is 1. The van der Waals surface area contributed by atoms with Crippen LogP contribution in [0.4, 0.5) is 0 Å². The lowest BCUT2D eigenvalue weighted by Gasteiger charge is -2.19. The molecule has 0 bridgehead atoms. The van der Waals surface area contributed by atoms with Gasteiger partial charge in [-0.1, -0.05) is 30.7 Å². The average molecular weight is 516 g/mol. The molecule has 0 saturated carbocycles. The van der Waals surface area contributed by atoms with Gasteiger partial charge in [0.2, 0.25) is 0 Å². The Balaban J connectivity index is 1.78.